The third-order valence-electron chi connectivity index (χ3n) is 2.22. The van der Waals surface area contributed by atoms with E-state index < -0.39 is 5.79 Å². The lowest BCUT2D eigenvalue weighted by Gasteiger charge is -2.26. The highest BCUT2D eigenvalue weighted by Crippen LogP contribution is 2.35. The number of methoxy groups -OCH3 is 1. The molecule has 1 aliphatic carbocycles. The predicted molar refractivity (Wildman–Crippen MR) is 42.5 cm³/mol. The first-order valence-corrected chi connectivity index (χ1v) is 3.90. The van der Waals surface area contributed by atoms with E-state index in [1.807, 2.05) is 0 Å². The maximum absolute atomic E-state index is 11.0. The number of hydrogen-bond acceptors (Lipinski definition) is 3. The molecule has 0 bridgehead atoms. The summed E-state index contributed by atoms with van der Waals surface area (Å²) in [6.07, 6.45) is 5.54. The maximum Gasteiger partial charge on any atom is 0.211 e. The largest absolute Gasteiger partial charge is 0.346 e. The molecule has 3 nitrogen and oxygen atoms in total. The van der Waals surface area contributed by atoms with Crippen molar-refractivity contribution in [3.8, 4) is 0 Å². The Labute approximate surface area is 70.7 Å². The molecule has 0 aromatic rings. The Hall–Kier alpha value is -0.930. The van der Waals surface area contributed by atoms with Crippen molar-refractivity contribution in [3.05, 3.63) is 23.8 Å². The van der Waals surface area contributed by atoms with Crippen molar-refractivity contribution in [2.75, 3.05) is 13.7 Å². The lowest BCUT2D eigenvalue weighted by Crippen LogP contribution is -2.31. The summed E-state index contributed by atoms with van der Waals surface area (Å²) >= 11 is 0. The van der Waals surface area contributed by atoms with Gasteiger partial charge < -0.3 is 9.47 Å². The maximum atomic E-state index is 11.0. The van der Waals surface area contributed by atoms with Crippen LogP contribution in [-0.2, 0) is 14.3 Å². The predicted octanol–water partition coefficient (Wildman–Crippen LogP) is 0.815. The Kier molecular flexibility index (Phi) is 1.63. The van der Waals surface area contributed by atoms with Gasteiger partial charge >= 0.3 is 0 Å². The van der Waals surface area contributed by atoms with Crippen LogP contribution in [0.15, 0.2) is 23.8 Å². The smallest absolute Gasteiger partial charge is 0.211 e. The Morgan fingerprint density at radius 2 is 2.50 bits per heavy atom. The molecule has 0 aromatic heterocycles. The summed E-state index contributed by atoms with van der Waals surface area (Å²) in [4.78, 5) is 11.0. The highest BCUT2D eigenvalue weighted by atomic mass is 16.7. The molecule has 1 atom stereocenters. The lowest BCUT2D eigenvalue weighted by molar-refractivity contribution is -0.137. The van der Waals surface area contributed by atoms with Crippen LogP contribution in [0.4, 0.5) is 0 Å². The monoisotopic (exact) mass is 166 g/mol. The van der Waals surface area contributed by atoms with Gasteiger partial charge in [0.1, 0.15) is 0 Å². The van der Waals surface area contributed by atoms with Crippen LogP contribution in [0.3, 0.4) is 0 Å². The number of allylic oxidation sites excluding steroid dienone is 2. The fraction of sp³-hybridized carbons (Fsp3) is 0.444. The third-order valence-corrected chi connectivity index (χ3v) is 2.22. The number of rotatable bonds is 1. The summed E-state index contributed by atoms with van der Waals surface area (Å²) in [7, 11) is 1.58. The molecule has 1 heterocycles. The molecule has 2 rings (SSSR count). The topological polar surface area (TPSA) is 35.5 Å². The second-order valence-corrected chi connectivity index (χ2v) is 2.88. The number of fused-ring (bicyclic) bond motifs is 1. The molecule has 3 heteroatoms. The number of ether oxygens (including phenoxy) is 2. The Morgan fingerprint density at radius 3 is 3.25 bits per heavy atom. The summed E-state index contributed by atoms with van der Waals surface area (Å²) in [6.45, 7) is 0.622. The summed E-state index contributed by atoms with van der Waals surface area (Å²) in [5.74, 6) is -0.711. The molecule has 1 saturated heterocycles. The van der Waals surface area contributed by atoms with Crippen LogP contribution in [0.25, 0.3) is 0 Å². The summed E-state index contributed by atoms with van der Waals surface area (Å²) in [5.41, 5.74) is 0.928. The van der Waals surface area contributed by atoms with Gasteiger partial charge in [-0.25, -0.2) is 0 Å². The summed E-state index contributed by atoms with van der Waals surface area (Å²) in [6, 6.07) is 0. The molecule has 64 valence electrons. The zero-order valence-electron chi connectivity index (χ0n) is 6.87. The molecule has 2 aliphatic rings. The molecule has 1 aliphatic heterocycles. The van der Waals surface area contributed by atoms with Crippen molar-refractivity contribution in [1.82, 2.24) is 0 Å². The van der Waals surface area contributed by atoms with Crippen molar-refractivity contribution >= 4 is 5.78 Å². The number of carbonyl (C=O) groups excluding carboxylic acids is 1. The Bertz CT molecular complexity index is 277. The molecule has 1 unspecified atom stereocenters. The zero-order chi connectivity index (χ0) is 8.60. The first-order chi connectivity index (χ1) is 5.77. The molecule has 0 aromatic carbocycles. The molecular formula is C9H10O3. The van der Waals surface area contributed by atoms with E-state index in [-0.39, 0.29) is 5.78 Å². The second kappa shape index (κ2) is 2.54. The van der Waals surface area contributed by atoms with Gasteiger partial charge in [0.2, 0.25) is 5.79 Å². The highest BCUT2D eigenvalue weighted by molar-refractivity contribution is 6.01. The molecular weight excluding hydrogens is 156 g/mol. The number of carbonyl (C=O) groups is 1. The highest BCUT2D eigenvalue weighted by Gasteiger charge is 2.39. The van der Waals surface area contributed by atoms with Crippen LogP contribution < -0.4 is 0 Å². The fourth-order valence-electron chi connectivity index (χ4n) is 1.58. The van der Waals surface area contributed by atoms with Crippen molar-refractivity contribution in [2.45, 2.75) is 12.2 Å². The SMILES string of the molecule is COC12C=CC(=O)C=C1CCO2. The van der Waals surface area contributed by atoms with Crippen LogP contribution in [0.2, 0.25) is 0 Å². The third kappa shape index (κ3) is 0.940. The first kappa shape index (κ1) is 7.71. The van der Waals surface area contributed by atoms with Gasteiger partial charge in [0, 0.05) is 7.11 Å². The molecule has 0 saturated carbocycles. The van der Waals surface area contributed by atoms with Crippen LogP contribution >= 0.6 is 0 Å². The van der Waals surface area contributed by atoms with E-state index in [1.165, 1.54) is 6.08 Å². The van der Waals surface area contributed by atoms with Gasteiger partial charge in [-0.2, -0.15) is 0 Å². The van der Waals surface area contributed by atoms with E-state index in [1.54, 1.807) is 19.3 Å². The van der Waals surface area contributed by atoms with Crippen molar-refractivity contribution < 1.29 is 14.3 Å². The average molecular weight is 166 g/mol. The van der Waals surface area contributed by atoms with Crippen LogP contribution in [-0.4, -0.2) is 25.3 Å². The minimum atomic E-state index is -0.728. The second-order valence-electron chi connectivity index (χ2n) is 2.88. The van der Waals surface area contributed by atoms with Crippen LogP contribution in [0.1, 0.15) is 6.42 Å². The van der Waals surface area contributed by atoms with Crippen LogP contribution in [0, 0.1) is 0 Å². The van der Waals surface area contributed by atoms with Gasteiger partial charge in [0.05, 0.1) is 6.61 Å². The van der Waals surface area contributed by atoms with Crippen molar-refractivity contribution in [2.24, 2.45) is 0 Å². The average Bonchev–Trinajstić information content (AvgIpc) is 2.48. The van der Waals surface area contributed by atoms with Crippen molar-refractivity contribution in [1.29, 1.82) is 0 Å². The molecule has 0 amide bonds. The van der Waals surface area contributed by atoms with Gasteiger partial charge in [-0.15, -0.1) is 0 Å². The van der Waals surface area contributed by atoms with Gasteiger partial charge in [-0.1, -0.05) is 0 Å². The Balaban J connectivity index is 2.39. The van der Waals surface area contributed by atoms with Gasteiger partial charge in [-0.05, 0) is 30.2 Å². The van der Waals surface area contributed by atoms with Gasteiger partial charge in [0.25, 0.3) is 0 Å². The Morgan fingerprint density at radius 1 is 1.67 bits per heavy atom. The molecule has 0 N–H and O–H groups in total. The van der Waals surface area contributed by atoms with E-state index in [9.17, 15) is 4.79 Å². The standard InChI is InChI=1S/C9H10O3/c1-11-9-4-2-8(10)6-7(9)3-5-12-9/h2,4,6H,3,5H2,1H3. The minimum absolute atomic E-state index is 0.0168. The number of hydrogen-bond donors (Lipinski definition) is 0. The van der Waals surface area contributed by atoms with Gasteiger partial charge in [-0.3, -0.25) is 4.79 Å². The molecule has 0 radical (unpaired) electrons. The molecule has 1 fully saturated rings. The summed E-state index contributed by atoms with van der Waals surface area (Å²) in [5, 5.41) is 0. The molecule has 0 spiro atoms. The quantitative estimate of drug-likeness (QED) is 0.578. The van der Waals surface area contributed by atoms with Crippen molar-refractivity contribution in [3.63, 3.8) is 0 Å². The normalized spacial score (nSPS) is 33.4. The van der Waals surface area contributed by atoms with E-state index in [0.717, 1.165) is 12.0 Å². The van der Waals surface area contributed by atoms with E-state index in [0.29, 0.717) is 6.61 Å². The molecule has 12 heavy (non-hydrogen) atoms. The fourth-order valence-corrected chi connectivity index (χ4v) is 1.58. The van der Waals surface area contributed by atoms with E-state index >= 15 is 0 Å². The van der Waals surface area contributed by atoms with Crippen LogP contribution in [0.5, 0.6) is 0 Å². The summed E-state index contributed by atoms with van der Waals surface area (Å²) < 4.78 is 10.6. The van der Waals surface area contributed by atoms with E-state index in [2.05, 4.69) is 0 Å². The minimum Gasteiger partial charge on any atom is -0.346 e. The first-order valence-electron chi connectivity index (χ1n) is 3.90. The van der Waals surface area contributed by atoms with E-state index in [4.69, 9.17) is 9.47 Å². The zero-order valence-corrected chi connectivity index (χ0v) is 6.87. The van der Waals surface area contributed by atoms with Gasteiger partial charge in [0.15, 0.2) is 5.78 Å². The lowest BCUT2D eigenvalue weighted by atomic mass is 9.98. The number of ketones is 1.